The smallest absolute Gasteiger partial charge is 0.270 e. The second kappa shape index (κ2) is 6.88. The van der Waals surface area contributed by atoms with E-state index in [1.807, 2.05) is 24.3 Å². The van der Waals surface area contributed by atoms with Crippen molar-refractivity contribution in [2.24, 2.45) is 0 Å². The van der Waals surface area contributed by atoms with Crippen LogP contribution in [0.4, 0.5) is 0 Å². The van der Waals surface area contributed by atoms with E-state index in [0.29, 0.717) is 17.0 Å². The predicted molar refractivity (Wildman–Crippen MR) is 89.7 cm³/mol. The highest BCUT2D eigenvalue weighted by Gasteiger charge is 2.18. The van der Waals surface area contributed by atoms with Gasteiger partial charge in [-0.25, -0.2) is 0 Å². The molecule has 0 aliphatic heterocycles. The minimum absolute atomic E-state index is 0.274. The fourth-order valence-corrected chi connectivity index (χ4v) is 2.53. The molecule has 3 rings (SSSR count). The van der Waals surface area contributed by atoms with Gasteiger partial charge in [0.05, 0.1) is 18.4 Å². The molecule has 0 aliphatic rings. The molecule has 0 spiro atoms. The number of carbonyl (C=O) groups is 1. The Labute approximate surface area is 140 Å². The number of aromatic nitrogens is 1. The summed E-state index contributed by atoms with van der Waals surface area (Å²) >= 11 is 0. The van der Waals surface area contributed by atoms with Crippen molar-refractivity contribution in [3.05, 3.63) is 77.5 Å². The third-order valence-electron chi connectivity index (χ3n) is 3.85. The van der Waals surface area contributed by atoms with Crippen LogP contribution < -0.4 is 5.32 Å². The highest BCUT2D eigenvalue weighted by atomic mass is 16.3. The number of aryl methyl sites for hydroxylation is 1. The first kappa shape index (κ1) is 15.6. The van der Waals surface area contributed by atoms with Crippen LogP contribution in [0.1, 0.15) is 34.3 Å². The number of hydrogen-bond acceptors (Lipinski definition) is 3. The number of nitrogens with one attached hydrogen (secondary N) is 1. The summed E-state index contributed by atoms with van der Waals surface area (Å²) in [6.45, 7) is 2.36. The van der Waals surface area contributed by atoms with E-state index >= 15 is 0 Å². The van der Waals surface area contributed by atoms with Crippen molar-refractivity contribution in [1.29, 1.82) is 5.26 Å². The highest BCUT2D eigenvalue weighted by molar-refractivity contribution is 5.95. The highest BCUT2D eigenvalue weighted by Crippen LogP contribution is 2.18. The number of nitriles is 1. The fourth-order valence-electron chi connectivity index (χ4n) is 2.53. The maximum atomic E-state index is 12.6. The van der Waals surface area contributed by atoms with Crippen LogP contribution in [0.5, 0.6) is 0 Å². The van der Waals surface area contributed by atoms with E-state index in [1.54, 1.807) is 35.2 Å². The quantitative estimate of drug-likeness (QED) is 0.783. The van der Waals surface area contributed by atoms with Crippen molar-refractivity contribution in [3.63, 3.8) is 0 Å². The van der Waals surface area contributed by atoms with Crippen molar-refractivity contribution >= 4 is 5.91 Å². The van der Waals surface area contributed by atoms with E-state index in [0.717, 1.165) is 12.1 Å². The Bertz CT molecular complexity index is 868. The van der Waals surface area contributed by atoms with Gasteiger partial charge >= 0.3 is 0 Å². The summed E-state index contributed by atoms with van der Waals surface area (Å²) < 4.78 is 6.94. The maximum absolute atomic E-state index is 12.6. The maximum Gasteiger partial charge on any atom is 0.270 e. The van der Waals surface area contributed by atoms with Crippen LogP contribution in [-0.4, -0.2) is 10.5 Å². The van der Waals surface area contributed by atoms with Gasteiger partial charge in [-0.3, -0.25) is 4.79 Å². The Balaban J connectivity index is 1.89. The van der Waals surface area contributed by atoms with Gasteiger partial charge in [0.15, 0.2) is 0 Å². The Morgan fingerprint density at radius 1 is 1.25 bits per heavy atom. The average molecular weight is 319 g/mol. The third kappa shape index (κ3) is 3.08. The predicted octanol–water partition coefficient (Wildman–Crippen LogP) is 3.43. The lowest BCUT2D eigenvalue weighted by atomic mass is 10.1. The lowest BCUT2D eigenvalue weighted by molar-refractivity contribution is 0.0941. The molecule has 0 fully saturated rings. The van der Waals surface area contributed by atoms with Crippen molar-refractivity contribution in [3.8, 4) is 11.8 Å². The van der Waals surface area contributed by atoms with Gasteiger partial charge in [-0.2, -0.15) is 5.26 Å². The first-order valence-corrected chi connectivity index (χ1v) is 7.74. The topological polar surface area (TPSA) is 71.0 Å². The first-order chi connectivity index (χ1) is 11.7. The first-order valence-electron chi connectivity index (χ1n) is 7.74. The summed E-state index contributed by atoms with van der Waals surface area (Å²) in [5.41, 5.74) is 2.73. The van der Waals surface area contributed by atoms with Gasteiger partial charge in [0.25, 0.3) is 5.91 Å². The van der Waals surface area contributed by atoms with Gasteiger partial charge in [0.2, 0.25) is 0 Å². The van der Waals surface area contributed by atoms with Crippen LogP contribution in [0.25, 0.3) is 5.69 Å². The van der Waals surface area contributed by atoms with Crippen molar-refractivity contribution in [2.75, 3.05) is 0 Å². The van der Waals surface area contributed by atoms with E-state index in [9.17, 15) is 10.1 Å². The molecule has 0 unspecified atom stereocenters. The summed E-state index contributed by atoms with van der Waals surface area (Å²) in [5.74, 6) is 0.347. The molecule has 1 amide bonds. The Morgan fingerprint density at radius 3 is 2.67 bits per heavy atom. The number of hydrogen-bond donors (Lipinski definition) is 1. The summed E-state index contributed by atoms with van der Waals surface area (Å²) in [4.78, 5) is 12.6. The van der Waals surface area contributed by atoms with Crippen molar-refractivity contribution < 1.29 is 9.21 Å². The Morgan fingerprint density at radius 2 is 2.04 bits per heavy atom. The minimum Gasteiger partial charge on any atom is -0.467 e. The molecule has 5 heteroatoms. The molecule has 5 nitrogen and oxygen atoms in total. The van der Waals surface area contributed by atoms with E-state index in [-0.39, 0.29) is 12.5 Å². The van der Waals surface area contributed by atoms with Crippen LogP contribution in [0, 0.1) is 11.3 Å². The van der Waals surface area contributed by atoms with E-state index in [2.05, 4.69) is 18.3 Å². The standard InChI is InChI=1S/C19H17N3O2/c1-2-14-5-7-16(8-6-14)22-10-9-15(12-20)18(22)19(23)21-13-17-4-3-11-24-17/h3-11H,2,13H2,1H3,(H,21,23). The summed E-state index contributed by atoms with van der Waals surface area (Å²) in [6.07, 6.45) is 4.24. The van der Waals surface area contributed by atoms with E-state index in [1.165, 1.54) is 5.56 Å². The monoisotopic (exact) mass is 319 g/mol. The molecular weight excluding hydrogens is 302 g/mol. The molecule has 0 aliphatic carbocycles. The number of furan rings is 1. The van der Waals surface area contributed by atoms with Gasteiger partial charge in [-0.05, 0) is 42.3 Å². The number of benzene rings is 1. The molecule has 0 atom stereocenters. The molecule has 3 aromatic rings. The van der Waals surface area contributed by atoms with Gasteiger partial charge in [0.1, 0.15) is 17.5 Å². The van der Waals surface area contributed by atoms with Crippen LogP contribution in [0.3, 0.4) is 0 Å². The molecule has 120 valence electrons. The molecule has 0 radical (unpaired) electrons. The zero-order valence-corrected chi connectivity index (χ0v) is 13.3. The Hall–Kier alpha value is -3.26. The minimum atomic E-state index is -0.312. The van der Waals surface area contributed by atoms with E-state index < -0.39 is 0 Å². The van der Waals surface area contributed by atoms with E-state index in [4.69, 9.17) is 4.42 Å². The zero-order valence-electron chi connectivity index (χ0n) is 13.3. The van der Waals surface area contributed by atoms with Crippen LogP contribution in [0.2, 0.25) is 0 Å². The Kier molecular flexibility index (Phi) is 4.48. The van der Waals surface area contributed by atoms with Crippen molar-refractivity contribution in [1.82, 2.24) is 9.88 Å². The molecule has 1 aromatic carbocycles. The zero-order chi connectivity index (χ0) is 16.9. The van der Waals surface area contributed by atoms with Crippen molar-refractivity contribution in [2.45, 2.75) is 19.9 Å². The summed E-state index contributed by atoms with van der Waals surface area (Å²) in [6, 6.07) is 15.2. The van der Waals surface area contributed by atoms with Gasteiger partial charge in [-0.15, -0.1) is 0 Å². The molecule has 0 saturated carbocycles. The summed E-state index contributed by atoms with van der Waals surface area (Å²) in [5, 5.41) is 12.1. The fraction of sp³-hybridized carbons (Fsp3) is 0.158. The lowest BCUT2D eigenvalue weighted by Crippen LogP contribution is -2.25. The lowest BCUT2D eigenvalue weighted by Gasteiger charge is -2.10. The van der Waals surface area contributed by atoms with Gasteiger partial charge < -0.3 is 14.3 Å². The molecular formula is C19H17N3O2. The largest absolute Gasteiger partial charge is 0.467 e. The van der Waals surface area contributed by atoms with Crippen LogP contribution in [-0.2, 0) is 13.0 Å². The second-order valence-corrected chi connectivity index (χ2v) is 5.34. The number of nitrogens with zero attached hydrogens (tertiary/aromatic N) is 2. The summed E-state index contributed by atoms with van der Waals surface area (Å²) in [7, 11) is 0. The number of rotatable bonds is 5. The molecule has 1 N–H and O–H groups in total. The molecule has 0 saturated heterocycles. The molecule has 24 heavy (non-hydrogen) atoms. The SMILES string of the molecule is CCc1ccc(-n2ccc(C#N)c2C(=O)NCc2ccco2)cc1. The van der Waals surface area contributed by atoms with Crippen LogP contribution >= 0.6 is 0 Å². The van der Waals surface area contributed by atoms with Gasteiger partial charge in [-0.1, -0.05) is 19.1 Å². The van der Waals surface area contributed by atoms with Gasteiger partial charge in [0, 0.05) is 11.9 Å². The number of amides is 1. The third-order valence-corrected chi connectivity index (χ3v) is 3.85. The molecule has 2 heterocycles. The molecule has 0 bridgehead atoms. The average Bonchev–Trinajstić information content (AvgIpc) is 3.29. The number of carbonyl (C=O) groups excluding carboxylic acids is 1. The van der Waals surface area contributed by atoms with Crippen LogP contribution in [0.15, 0.2) is 59.3 Å². The normalized spacial score (nSPS) is 10.3. The second-order valence-electron chi connectivity index (χ2n) is 5.34. The molecule has 2 aromatic heterocycles.